The second kappa shape index (κ2) is 9.39. The molecule has 1 N–H and O–H groups in total. The van der Waals surface area contributed by atoms with Gasteiger partial charge in [0.15, 0.2) is 11.5 Å². The lowest BCUT2D eigenvalue weighted by Gasteiger charge is -2.16. The minimum absolute atomic E-state index is 0.281. The summed E-state index contributed by atoms with van der Waals surface area (Å²) in [6.45, 7) is 6.78. The Morgan fingerprint density at radius 1 is 1.12 bits per heavy atom. The number of aromatic nitrogens is 2. The van der Waals surface area contributed by atoms with Gasteiger partial charge in [0.1, 0.15) is 15.7 Å². The first-order chi connectivity index (χ1) is 15.2. The number of thiophene rings is 1. The van der Waals surface area contributed by atoms with Crippen molar-refractivity contribution < 1.29 is 23.8 Å². The molecular formula is C22H25N3O6S. The van der Waals surface area contributed by atoms with Crippen molar-refractivity contribution in [3.63, 3.8) is 0 Å². The molecule has 0 aliphatic heterocycles. The third-order valence-electron chi connectivity index (χ3n) is 4.85. The predicted molar refractivity (Wildman–Crippen MR) is 122 cm³/mol. The number of fused-ring (bicyclic) bond motifs is 1. The first-order valence-corrected chi connectivity index (χ1v) is 10.7. The van der Waals surface area contributed by atoms with Crippen molar-refractivity contribution in [2.75, 3.05) is 19.5 Å². The molecule has 1 unspecified atom stereocenters. The van der Waals surface area contributed by atoms with E-state index in [2.05, 4.69) is 10.3 Å². The highest BCUT2D eigenvalue weighted by Gasteiger charge is 2.24. The first kappa shape index (κ1) is 23.3. The molecule has 2 heterocycles. The quantitative estimate of drug-likeness (QED) is 0.538. The number of hydrogen-bond acceptors (Lipinski definition) is 8. The van der Waals surface area contributed by atoms with Gasteiger partial charge in [-0.25, -0.2) is 9.78 Å². The number of esters is 1. The maximum Gasteiger partial charge on any atom is 0.348 e. The molecule has 10 heteroatoms. The van der Waals surface area contributed by atoms with E-state index in [9.17, 15) is 14.4 Å². The summed E-state index contributed by atoms with van der Waals surface area (Å²) in [6.07, 6.45) is 1.04. The SMILES string of the molecule is COc1ccc(NC(=O)C(C)n2cnc3sc(C(=O)OC(C)C)c(C)c3c2=O)cc1OC. The molecule has 0 spiro atoms. The summed E-state index contributed by atoms with van der Waals surface area (Å²) in [5.41, 5.74) is 0.587. The van der Waals surface area contributed by atoms with Crippen molar-refractivity contribution >= 4 is 39.1 Å². The van der Waals surface area contributed by atoms with Gasteiger partial charge in [-0.15, -0.1) is 11.3 Å². The maximum atomic E-state index is 13.2. The fourth-order valence-corrected chi connectivity index (χ4v) is 4.18. The van der Waals surface area contributed by atoms with Crippen molar-refractivity contribution in [3.05, 3.63) is 45.3 Å². The highest BCUT2D eigenvalue weighted by atomic mass is 32.1. The Morgan fingerprint density at radius 2 is 1.81 bits per heavy atom. The largest absolute Gasteiger partial charge is 0.493 e. The molecule has 0 bridgehead atoms. The summed E-state index contributed by atoms with van der Waals surface area (Å²) in [4.78, 5) is 43.4. The standard InChI is InChI=1S/C22H25N3O6S/c1-11(2)31-22(28)18-12(3)17-20(32-18)23-10-25(21(17)27)13(4)19(26)24-14-7-8-15(29-5)16(9-14)30-6/h7-11,13H,1-6H3,(H,24,26). The van der Waals surface area contributed by atoms with Gasteiger partial charge in [0, 0.05) is 11.8 Å². The van der Waals surface area contributed by atoms with Crippen LogP contribution in [0, 0.1) is 6.92 Å². The fourth-order valence-electron chi connectivity index (χ4n) is 3.16. The Hall–Kier alpha value is -3.40. The molecule has 0 fully saturated rings. The number of ether oxygens (including phenoxy) is 3. The predicted octanol–water partition coefficient (Wildman–Crippen LogP) is 3.55. The number of amides is 1. The van der Waals surface area contributed by atoms with E-state index in [0.29, 0.717) is 37.8 Å². The minimum atomic E-state index is -0.849. The second-order valence-corrected chi connectivity index (χ2v) is 8.38. The van der Waals surface area contributed by atoms with Crippen LogP contribution in [0.25, 0.3) is 10.2 Å². The Labute approximate surface area is 188 Å². The molecule has 0 aliphatic carbocycles. The van der Waals surface area contributed by atoms with E-state index >= 15 is 0 Å². The van der Waals surface area contributed by atoms with Crippen LogP contribution in [0.15, 0.2) is 29.3 Å². The average molecular weight is 460 g/mol. The summed E-state index contributed by atoms with van der Waals surface area (Å²) < 4.78 is 17.0. The minimum Gasteiger partial charge on any atom is -0.493 e. The van der Waals surface area contributed by atoms with E-state index in [1.54, 1.807) is 45.9 Å². The lowest BCUT2D eigenvalue weighted by molar-refractivity contribution is -0.118. The first-order valence-electron chi connectivity index (χ1n) is 9.92. The number of aryl methyl sites for hydroxylation is 1. The van der Waals surface area contributed by atoms with Gasteiger partial charge < -0.3 is 19.5 Å². The van der Waals surface area contributed by atoms with E-state index in [4.69, 9.17) is 14.2 Å². The van der Waals surface area contributed by atoms with Crippen molar-refractivity contribution in [1.29, 1.82) is 0 Å². The molecule has 9 nitrogen and oxygen atoms in total. The smallest absolute Gasteiger partial charge is 0.348 e. The summed E-state index contributed by atoms with van der Waals surface area (Å²) in [7, 11) is 3.02. The van der Waals surface area contributed by atoms with Crippen LogP contribution >= 0.6 is 11.3 Å². The normalized spacial score (nSPS) is 12.0. The summed E-state index contributed by atoms with van der Waals surface area (Å²) >= 11 is 1.10. The molecule has 0 radical (unpaired) electrons. The van der Waals surface area contributed by atoms with E-state index in [-0.39, 0.29) is 6.10 Å². The Balaban J connectivity index is 1.91. The number of carbonyl (C=O) groups excluding carboxylic acids is 2. The lowest BCUT2D eigenvalue weighted by Crippen LogP contribution is -2.31. The average Bonchev–Trinajstić information content (AvgIpc) is 3.10. The summed E-state index contributed by atoms with van der Waals surface area (Å²) in [6, 6.07) is 4.12. The zero-order chi connectivity index (χ0) is 23.6. The van der Waals surface area contributed by atoms with Crippen LogP contribution in [0.2, 0.25) is 0 Å². The molecule has 170 valence electrons. The molecule has 0 saturated heterocycles. The number of nitrogens with zero attached hydrogens (tertiary/aromatic N) is 2. The highest BCUT2D eigenvalue weighted by Crippen LogP contribution is 2.30. The van der Waals surface area contributed by atoms with Gasteiger partial charge in [-0.3, -0.25) is 14.2 Å². The number of methoxy groups -OCH3 is 2. The van der Waals surface area contributed by atoms with Crippen LogP contribution in [0.5, 0.6) is 11.5 Å². The number of carbonyl (C=O) groups is 2. The summed E-state index contributed by atoms with van der Waals surface area (Å²) in [5, 5.41) is 3.07. The van der Waals surface area contributed by atoms with Crippen LogP contribution in [0.1, 0.15) is 42.0 Å². The number of benzene rings is 1. The molecule has 1 atom stereocenters. The van der Waals surface area contributed by atoms with Crippen LogP contribution < -0.4 is 20.3 Å². The van der Waals surface area contributed by atoms with Gasteiger partial charge in [-0.1, -0.05) is 0 Å². The highest BCUT2D eigenvalue weighted by molar-refractivity contribution is 7.20. The third-order valence-corrected chi connectivity index (χ3v) is 6.03. The van der Waals surface area contributed by atoms with Crippen LogP contribution in [-0.2, 0) is 9.53 Å². The molecule has 0 saturated carbocycles. The number of rotatable bonds is 7. The van der Waals surface area contributed by atoms with E-state index in [1.165, 1.54) is 25.1 Å². The molecule has 32 heavy (non-hydrogen) atoms. The van der Waals surface area contributed by atoms with Crippen molar-refractivity contribution in [3.8, 4) is 11.5 Å². The third kappa shape index (κ3) is 4.45. The van der Waals surface area contributed by atoms with E-state index in [1.807, 2.05) is 0 Å². The van der Waals surface area contributed by atoms with Gasteiger partial charge in [0.05, 0.1) is 32.0 Å². The fraction of sp³-hybridized carbons (Fsp3) is 0.364. The van der Waals surface area contributed by atoms with E-state index < -0.39 is 23.5 Å². The van der Waals surface area contributed by atoms with Crippen LogP contribution in [-0.4, -0.2) is 41.8 Å². The van der Waals surface area contributed by atoms with Crippen molar-refractivity contribution in [2.45, 2.75) is 39.8 Å². The summed E-state index contributed by atoms with van der Waals surface area (Å²) in [5.74, 6) is 0.0931. The van der Waals surface area contributed by atoms with Crippen LogP contribution in [0.4, 0.5) is 5.69 Å². The molecule has 3 rings (SSSR count). The number of hydrogen-bond donors (Lipinski definition) is 1. The molecule has 3 aromatic rings. The Kier molecular flexibility index (Phi) is 6.83. The van der Waals surface area contributed by atoms with Gasteiger partial charge in [-0.2, -0.15) is 0 Å². The van der Waals surface area contributed by atoms with Crippen molar-refractivity contribution in [1.82, 2.24) is 9.55 Å². The van der Waals surface area contributed by atoms with Gasteiger partial charge in [-0.05, 0) is 45.4 Å². The second-order valence-electron chi connectivity index (χ2n) is 7.38. The molecule has 1 amide bonds. The Bertz CT molecular complexity index is 1230. The van der Waals surface area contributed by atoms with Crippen LogP contribution in [0.3, 0.4) is 0 Å². The Morgan fingerprint density at radius 3 is 2.44 bits per heavy atom. The topological polar surface area (TPSA) is 109 Å². The van der Waals surface area contributed by atoms with E-state index in [0.717, 1.165) is 11.3 Å². The molecular weight excluding hydrogens is 434 g/mol. The maximum absolute atomic E-state index is 13.2. The number of anilines is 1. The van der Waals surface area contributed by atoms with Gasteiger partial charge in [0.2, 0.25) is 5.91 Å². The van der Waals surface area contributed by atoms with Crippen molar-refractivity contribution in [2.24, 2.45) is 0 Å². The molecule has 0 aliphatic rings. The lowest BCUT2D eigenvalue weighted by atomic mass is 10.2. The zero-order valence-corrected chi connectivity index (χ0v) is 19.5. The zero-order valence-electron chi connectivity index (χ0n) is 18.7. The number of nitrogens with one attached hydrogen (secondary N) is 1. The monoisotopic (exact) mass is 459 g/mol. The molecule has 2 aromatic heterocycles. The van der Waals surface area contributed by atoms with Gasteiger partial charge in [0.25, 0.3) is 5.56 Å². The van der Waals surface area contributed by atoms with Gasteiger partial charge >= 0.3 is 5.97 Å². The molecule has 1 aromatic carbocycles.